The molecule has 0 saturated carbocycles. The molecular formula is C16H19NO4. The zero-order valence-corrected chi connectivity index (χ0v) is 12.0. The van der Waals surface area contributed by atoms with Crippen LogP contribution in [0.2, 0.25) is 0 Å². The second-order valence-corrected chi connectivity index (χ2v) is 5.09. The number of rotatable bonds is 4. The fourth-order valence-corrected chi connectivity index (χ4v) is 2.23. The van der Waals surface area contributed by atoms with Crippen LogP contribution in [0, 0.1) is 6.92 Å². The number of carboxylic acid groups (broad SMARTS) is 1. The van der Waals surface area contributed by atoms with Crippen molar-refractivity contribution in [1.82, 2.24) is 0 Å². The molecule has 5 heteroatoms. The van der Waals surface area contributed by atoms with Crippen molar-refractivity contribution in [3.8, 4) is 0 Å². The maximum atomic E-state index is 12.1. The van der Waals surface area contributed by atoms with Gasteiger partial charge < -0.3 is 15.2 Å². The van der Waals surface area contributed by atoms with Gasteiger partial charge in [0.25, 0.3) is 5.91 Å². The second-order valence-electron chi connectivity index (χ2n) is 5.09. The van der Waals surface area contributed by atoms with Crippen molar-refractivity contribution in [2.45, 2.75) is 32.3 Å². The van der Waals surface area contributed by atoms with Gasteiger partial charge in [-0.3, -0.25) is 4.79 Å². The van der Waals surface area contributed by atoms with E-state index in [0.29, 0.717) is 12.3 Å². The zero-order valence-electron chi connectivity index (χ0n) is 12.0. The Kier molecular flexibility index (Phi) is 5.11. The number of hydrogen-bond acceptors (Lipinski definition) is 3. The third kappa shape index (κ3) is 4.43. The fraction of sp³-hybridized carbons (Fsp3) is 0.375. The van der Waals surface area contributed by atoms with E-state index in [1.165, 1.54) is 6.08 Å². The number of amides is 1. The van der Waals surface area contributed by atoms with Gasteiger partial charge in [-0.05, 0) is 55.5 Å². The number of aryl methyl sites for hydroxylation is 1. The van der Waals surface area contributed by atoms with E-state index in [-0.39, 0.29) is 5.91 Å². The van der Waals surface area contributed by atoms with Crippen molar-refractivity contribution >= 4 is 23.6 Å². The Morgan fingerprint density at radius 2 is 2.19 bits per heavy atom. The lowest BCUT2D eigenvalue weighted by Gasteiger charge is -2.21. The highest BCUT2D eigenvalue weighted by molar-refractivity contribution is 5.94. The molecular weight excluding hydrogens is 270 g/mol. The molecule has 1 aliphatic rings. The van der Waals surface area contributed by atoms with Gasteiger partial charge in [-0.1, -0.05) is 6.07 Å². The normalized spacial score (nSPS) is 18.6. The minimum Gasteiger partial charge on any atom is -0.478 e. The minimum atomic E-state index is -1.00. The van der Waals surface area contributed by atoms with Crippen molar-refractivity contribution < 1.29 is 19.4 Å². The van der Waals surface area contributed by atoms with Crippen LogP contribution in [0.5, 0.6) is 0 Å². The van der Waals surface area contributed by atoms with Crippen LogP contribution >= 0.6 is 0 Å². The van der Waals surface area contributed by atoms with Crippen LogP contribution in [0.25, 0.3) is 6.08 Å². The maximum absolute atomic E-state index is 12.1. The summed E-state index contributed by atoms with van der Waals surface area (Å²) in [5.41, 5.74) is 2.35. The molecule has 112 valence electrons. The van der Waals surface area contributed by atoms with E-state index in [1.807, 2.05) is 13.0 Å². The lowest BCUT2D eigenvalue weighted by Crippen LogP contribution is -2.33. The standard InChI is InChI=1S/C16H19NO4/c1-11-5-7-13(10-12(11)6-8-15(18)19)17-16(20)14-4-2-3-9-21-14/h5-8,10,14H,2-4,9H2,1H3,(H,17,20)(H,18,19). The molecule has 21 heavy (non-hydrogen) atoms. The summed E-state index contributed by atoms with van der Waals surface area (Å²) in [5, 5.41) is 11.5. The Labute approximate surface area is 123 Å². The van der Waals surface area contributed by atoms with Crippen LogP contribution in [0.15, 0.2) is 24.3 Å². The summed E-state index contributed by atoms with van der Waals surface area (Å²) in [6, 6.07) is 5.41. The van der Waals surface area contributed by atoms with Crippen LogP contribution in [0.3, 0.4) is 0 Å². The summed E-state index contributed by atoms with van der Waals surface area (Å²) >= 11 is 0. The van der Waals surface area contributed by atoms with Crippen LogP contribution in [0.4, 0.5) is 5.69 Å². The zero-order chi connectivity index (χ0) is 15.2. The lowest BCUT2D eigenvalue weighted by atomic mass is 10.1. The minimum absolute atomic E-state index is 0.147. The highest BCUT2D eigenvalue weighted by Gasteiger charge is 2.21. The first-order chi connectivity index (χ1) is 10.1. The Bertz CT molecular complexity index is 559. The van der Waals surface area contributed by atoms with Gasteiger partial charge in [0.15, 0.2) is 0 Å². The number of carbonyl (C=O) groups excluding carboxylic acids is 1. The molecule has 1 fully saturated rings. The molecule has 1 aromatic carbocycles. The molecule has 0 spiro atoms. The molecule has 5 nitrogen and oxygen atoms in total. The first-order valence-corrected chi connectivity index (χ1v) is 7.00. The first kappa shape index (κ1) is 15.3. The van der Waals surface area contributed by atoms with E-state index < -0.39 is 12.1 Å². The van der Waals surface area contributed by atoms with E-state index in [4.69, 9.17) is 9.84 Å². The van der Waals surface area contributed by atoms with E-state index in [2.05, 4.69) is 5.32 Å². The van der Waals surface area contributed by atoms with Gasteiger partial charge in [0.1, 0.15) is 6.10 Å². The number of aliphatic carboxylic acids is 1. The third-order valence-electron chi connectivity index (χ3n) is 3.42. The number of carboxylic acids is 1. The Hall–Kier alpha value is -2.14. The Balaban J connectivity index is 2.07. The maximum Gasteiger partial charge on any atom is 0.328 e. The van der Waals surface area contributed by atoms with E-state index >= 15 is 0 Å². The predicted molar refractivity (Wildman–Crippen MR) is 80.1 cm³/mol. The second kappa shape index (κ2) is 7.04. The number of carbonyl (C=O) groups is 2. The molecule has 1 heterocycles. The summed E-state index contributed by atoms with van der Waals surface area (Å²) in [6.07, 6.45) is 4.95. The van der Waals surface area contributed by atoms with Gasteiger partial charge in [-0.2, -0.15) is 0 Å². The van der Waals surface area contributed by atoms with Crippen molar-refractivity contribution in [2.75, 3.05) is 11.9 Å². The summed E-state index contributed by atoms with van der Waals surface area (Å²) in [6.45, 7) is 2.51. The average molecular weight is 289 g/mol. The molecule has 0 radical (unpaired) electrons. The third-order valence-corrected chi connectivity index (χ3v) is 3.42. The summed E-state index contributed by atoms with van der Waals surface area (Å²) in [4.78, 5) is 22.7. The van der Waals surface area contributed by atoms with Crippen molar-refractivity contribution in [2.24, 2.45) is 0 Å². The number of ether oxygens (including phenoxy) is 1. The fourth-order valence-electron chi connectivity index (χ4n) is 2.23. The molecule has 0 bridgehead atoms. The van der Waals surface area contributed by atoms with Gasteiger partial charge >= 0.3 is 5.97 Å². The highest BCUT2D eigenvalue weighted by atomic mass is 16.5. The van der Waals surface area contributed by atoms with Crippen LogP contribution in [-0.2, 0) is 14.3 Å². The lowest BCUT2D eigenvalue weighted by molar-refractivity contribution is -0.131. The number of anilines is 1. The van der Waals surface area contributed by atoms with Crippen LogP contribution in [-0.4, -0.2) is 29.7 Å². The smallest absolute Gasteiger partial charge is 0.328 e. The quantitative estimate of drug-likeness (QED) is 0.835. The van der Waals surface area contributed by atoms with Crippen LogP contribution < -0.4 is 5.32 Å². The molecule has 2 rings (SSSR count). The van der Waals surface area contributed by atoms with Crippen LogP contribution in [0.1, 0.15) is 30.4 Å². The monoisotopic (exact) mass is 289 g/mol. The molecule has 0 aliphatic carbocycles. The predicted octanol–water partition coefficient (Wildman–Crippen LogP) is 2.60. The van der Waals surface area contributed by atoms with Crippen molar-refractivity contribution in [1.29, 1.82) is 0 Å². The van der Waals surface area contributed by atoms with Gasteiger partial charge in [0.05, 0.1) is 0 Å². The van der Waals surface area contributed by atoms with Gasteiger partial charge in [0.2, 0.25) is 0 Å². The van der Waals surface area contributed by atoms with Crippen molar-refractivity contribution in [3.05, 3.63) is 35.4 Å². The topological polar surface area (TPSA) is 75.6 Å². The summed E-state index contributed by atoms with van der Waals surface area (Å²) in [5.74, 6) is -1.15. The Morgan fingerprint density at radius 1 is 1.38 bits per heavy atom. The number of hydrogen-bond donors (Lipinski definition) is 2. The number of nitrogens with one attached hydrogen (secondary N) is 1. The number of benzene rings is 1. The highest BCUT2D eigenvalue weighted by Crippen LogP contribution is 2.19. The average Bonchev–Trinajstić information content (AvgIpc) is 2.48. The van der Waals surface area contributed by atoms with E-state index in [9.17, 15) is 9.59 Å². The first-order valence-electron chi connectivity index (χ1n) is 7.00. The van der Waals surface area contributed by atoms with Gasteiger partial charge in [0, 0.05) is 18.4 Å². The van der Waals surface area contributed by atoms with Crippen molar-refractivity contribution in [3.63, 3.8) is 0 Å². The molecule has 1 unspecified atom stereocenters. The summed E-state index contributed by atoms with van der Waals surface area (Å²) < 4.78 is 5.44. The van der Waals surface area contributed by atoms with E-state index in [0.717, 1.165) is 36.5 Å². The molecule has 1 amide bonds. The largest absolute Gasteiger partial charge is 0.478 e. The molecule has 0 aromatic heterocycles. The molecule has 1 saturated heterocycles. The molecule has 1 atom stereocenters. The molecule has 2 N–H and O–H groups in total. The Morgan fingerprint density at radius 3 is 2.86 bits per heavy atom. The van der Waals surface area contributed by atoms with Gasteiger partial charge in [-0.15, -0.1) is 0 Å². The van der Waals surface area contributed by atoms with E-state index in [1.54, 1.807) is 12.1 Å². The summed E-state index contributed by atoms with van der Waals surface area (Å²) in [7, 11) is 0. The molecule has 1 aromatic rings. The molecule has 1 aliphatic heterocycles. The van der Waals surface area contributed by atoms with Gasteiger partial charge in [-0.25, -0.2) is 4.79 Å². The SMILES string of the molecule is Cc1ccc(NC(=O)C2CCCCO2)cc1C=CC(=O)O.